The van der Waals surface area contributed by atoms with Gasteiger partial charge in [-0.25, -0.2) is 0 Å². The third-order valence-corrected chi connectivity index (χ3v) is 5.10. The number of likely N-dealkylation sites (tertiary alicyclic amines) is 1. The number of aromatic nitrogens is 1. The van der Waals surface area contributed by atoms with E-state index in [4.69, 9.17) is 0 Å². The fraction of sp³-hybridized carbons (Fsp3) is 0.364. The van der Waals surface area contributed by atoms with Crippen LogP contribution in [0, 0.1) is 18.8 Å². The summed E-state index contributed by atoms with van der Waals surface area (Å²) in [6, 6.07) is 13.2. The number of nitrogens with zero attached hydrogens (tertiary/aromatic N) is 2. The van der Waals surface area contributed by atoms with Crippen LogP contribution >= 0.6 is 0 Å². The molecule has 7 nitrogen and oxygen atoms in total. The number of amides is 2. The first-order chi connectivity index (χ1) is 13.9. The van der Waals surface area contributed by atoms with Gasteiger partial charge in [-0.3, -0.25) is 19.4 Å². The molecule has 152 valence electrons. The molecule has 0 spiro atoms. The fourth-order valence-electron chi connectivity index (χ4n) is 3.53. The Bertz CT molecular complexity index is 885. The molecule has 0 aliphatic carbocycles. The third kappa shape index (κ3) is 5.63. The number of aliphatic carboxylic acids is 1. The monoisotopic (exact) mass is 395 g/mol. The largest absolute Gasteiger partial charge is 0.481 e. The predicted molar refractivity (Wildman–Crippen MR) is 107 cm³/mol. The first-order valence-corrected chi connectivity index (χ1v) is 9.66. The maximum atomic E-state index is 12.5. The Morgan fingerprint density at radius 1 is 1.28 bits per heavy atom. The number of carbonyl (C=O) groups is 3. The van der Waals surface area contributed by atoms with Crippen LogP contribution in [0.25, 0.3) is 0 Å². The molecule has 0 unspecified atom stereocenters. The van der Waals surface area contributed by atoms with Crippen LogP contribution in [-0.2, 0) is 27.3 Å². The average molecular weight is 395 g/mol. The van der Waals surface area contributed by atoms with Gasteiger partial charge in [0, 0.05) is 25.7 Å². The molecule has 1 aliphatic heterocycles. The van der Waals surface area contributed by atoms with E-state index in [1.54, 1.807) is 17.2 Å². The molecule has 29 heavy (non-hydrogen) atoms. The van der Waals surface area contributed by atoms with E-state index in [0.29, 0.717) is 19.5 Å². The Hall–Kier alpha value is -3.22. The van der Waals surface area contributed by atoms with Gasteiger partial charge in [-0.1, -0.05) is 35.9 Å². The minimum Gasteiger partial charge on any atom is -0.481 e. The minimum absolute atomic E-state index is 0.0348. The maximum absolute atomic E-state index is 12.5. The summed E-state index contributed by atoms with van der Waals surface area (Å²) >= 11 is 0. The second kappa shape index (κ2) is 9.32. The van der Waals surface area contributed by atoms with Gasteiger partial charge in [0.15, 0.2) is 0 Å². The molecule has 1 saturated heterocycles. The van der Waals surface area contributed by atoms with E-state index in [9.17, 15) is 19.5 Å². The van der Waals surface area contributed by atoms with Gasteiger partial charge in [-0.05, 0) is 31.0 Å². The summed E-state index contributed by atoms with van der Waals surface area (Å²) in [5.41, 5.74) is 2.75. The fourth-order valence-corrected chi connectivity index (χ4v) is 3.53. The van der Waals surface area contributed by atoms with E-state index >= 15 is 0 Å². The standard InChI is InChI=1S/C22H25N3O4/c1-15-5-4-6-16(9-15)10-17(22(28)29)12-24-21(27)18-11-20(26)25(13-18)14-19-7-2-3-8-23-19/h2-9,17-18H,10-14H2,1H3,(H,24,27)(H,28,29)/t17-,18+/m1/s1. The van der Waals surface area contributed by atoms with E-state index in [-0.39, 0.29) is 24.8 Å². The van der Waals surface area contributed by atoms with Crippen molar-refractivity contribution in [2.24, 2.45) is 11.8 Å². The number of hydrogen-bond donors (Lipinski definition) is 2. The Labute approximate surface area is 169 Å². The molecular weight excluding hydrogens is 370 g/mol. The summed E-state index contributed by atoms with van der Waals surface area (Å²) in [5, 5.41) is 12.2. The molecule has 3 rings (SSSR count). The van der Waals surface area contributed by atoms with Gasteiger partial charge >= 0.3 is 5.97 Å². The summed E-state index contributed by atoms with van der Waals surface area (Å²) in [6.07, 6.45) is 2.14. The second-order valence-electron chi connectivity index (χ2n) is 7.47. The number of carboxylic acid groups (broad SMARTS) is 1. The van der Waals surface area contributed by atoms with Crippen LogP contribution in [0.5, 0.6) is 0 Å². The van der Waals surface area contributed by atoms with Gasteiger partial charge in [0.05, 0.1) is 24.1 Å². The molecule has 0 radical (unpaired) electrons. The van der Waals surface area contributed by atoms with Crippen molar-refractivity contribution in [2.75, 3.05) is 13.1 Å². The highest BCUT2D eigenvalue weighted by Gasteiger charge is 2.34. The molecule has 2 heterocycles. The number of carboxylic acids is 1. The van der Waals surface area contributed by atoms with Gasteiger partial charge in [0.2, 0.25) is 11.8 Å². The number of carbonyl (C=O) groups excluding carboxylic acids is 2. The number of aryl methyl sites for hydroxylation is 1. The van der Waals surface area contributed by atoms with Crippen LogP contribution in [-0.4, -0.2) is 45.9 Å². The first-order valence-electron chi connectivity index (χ1n) is 9.66. The van der Waals surface area contributed by atoms with Crippen LogP contribution in [0.1, 0.15) is 23.2 Å². The van der Waals surface area contributed by atoms with Crippen molar-refractivity contribution < 1.29 is 19.5 Å². The number of rotatable bonds is 8. The quantitative estimate of drug-likeness (QED) is 0.710. The highest BCUT2D eigenvalue weighted by atomic mass is 16.4. The zero-order valence-electron chi connectivity index (χ0n) is 16.4. The van der Waals surface area contributed by atoms with Crippen LogP contribution in [0.4, 0.5) is 0 Å². The maximum Gasteiger partial charge on any atom is 0.308 e. The molecule has 1 aromatic carbocycles. The highest BCUT2D eigenvalue weighted by Crippen LogP contribution is 2.20. The molecule has 2 N–H and O–H groups in total. The molecule has 7 heteroatoms. The Kier molecular flexibility index (Phi) is 6.59. The highest BCUT2D eigenvalue weighted by molar-refractivity contribution is 5.89. The van der Waals surface area contributed by atoms with Crippen molar-refractivity contribution in [3.05, 3.63) is 65.5 Å². The van der Waals surface area contributed by atoms with Crippen molar-refractivity contribution in [1.82, 2.24) is 15.2 Å². The minimum atomic E-state index is -0.953. The molecule has 0 bridgehead atoms. The Morgan fingerprint density at radius 2 is 2.10 bits per heavy atom. The van der Waals surface area contributed by atoms with Gasteiger partial charge in [0.25, 0.3) is 0 Å². The van der Waals surface area contributed by atoms with E-state index in [1.807, 2.05) is 43.3 Å². The van der Waals surface area contributed by atoms with Crippen molar-refractivity contribution in [2.45, 2.75) is 26.3 Å². The predicted octanol–water partition coefficient (Wildman–Crippen LogP) is 1.80. The average Bonchev–Trinajstić information content (AvgIpc) is 3.06. The Morgan fingerprint density at radius 3 is 2.79 bits per heavy atom. The molecule has 1 fully saturated rings. The smallest absolute Gasteiger partial charge is 0.308 e. The van der Waals surface area contributed by atoms with Crippen LogP contribution in [0.15, 0.2) is 48.7 Å². The molecular formula is C22H25N3O4. The van der Waals surface area contributed by atoms with Crippen molar-refractivity contribution >= 4 is 17.8 Å². The van der Waals surface area contributed by atoms with E-state index in [0.717, 1.165) is 16.8 Å². The first kappa shape index (κ1) is 20.5. The topological polar surface area (TPSA) is 99.6 Å². The zero-order valence-corrected chi connectivity index (χ0v) is 16.4. The van der Waals surface area contributed by atoms with Crippen molar-refractivity contribution in [3.8, 4) is 0 Å². The van der Waals surface area contributed by atoms with E-state index in [1.165, 1.54) is 0 Å². The van der Waals surface area contributed by atoms with Crippen LogP contribution < -0.4 is 5.32 Å². The van der Waals surface area contributed by atoms with E-state index < -0.39 is 17.8 Å². The summed E-state index contributed by atoms with van der Waals surface area (Å²) in [7, 11) is 0. The lowest BCUT2D eigenvalue weighted by Crippen LogP contribution is -2.38. The second-order valence-corrected chi connectivity index (χ2v) is 7.47. The molecule has 2 aromatic rings. The lowest BCUT2D eigenvalue weighted by molar-refractivity contribution is -0.141. The lowest BCUT2D eigenvalue weighted by atomic mass is 9.97. The van der Waals surface area contributed by atoms with Gasteiger partial charge < -0.3 is 15.3 Å². The Balaban J connectivity index is 1.53. The molecule has 1 aromatic heterocycles. The van der Waals surface area contributed by atoms with Crippen molar-refractivity contribution in [1.29, 1.82) is 0 Å². The summed E-state index contributed by atoms with van der Waals surface area (Å²) in [4.78, 5) is 42.2. The number of benzene rings is 1. The van der Waals surface area contributed by atoms with Crippen molar-refractivity contribution in [3.63, 3.8) is 0 Å². The van der Waals surface area contributed by atoms with E-state index in [2.05, 4.69) is 10.3 Å². The number of nitrogens with one attached hydrogen (secondary N) is 1. The molecule has 2 amide bonds. The third-order valence-electron chi connectivity index (χ3n) is 5.10. The summed E-state index contributed by atoms with van der Waals surface area (Å²) in [6.45, 7) is 2.67. The van der Waals surface area contributed by atoms with Crippen LogP contribution in [0.2, 0.25) is 0 Å². The van der Waals surface area contributed by atoms with Gasteiger partial charge in [-0.2, -0.15) is 0 Å². The number of hydrogen-bond acceptors (Lipinski definition) is 4. The molecule has 2 atom stereocenters. The zero-order chi connectivity index (χ0) is 20.8. The molecule has 0 saturated carbocycles. The van der Waals surface area contributed by atoms with Gasteiger partial charge in [-0.15, -0.1) is 0 Å². The van der Waals surface area contributed by atoms with Gasteiger partial charge in [0.1, 0.15) is 0 Å². The SMILES string of the molecule is Cc1cccc(C[C@H](CNC(=O)[C@H]2CC(=O)N(Cc3ccccn3)C2)C(=O)O)c1. The lowest BCUT2D eigenvalue weighted by Gasteiger charge is -2.17. The van der Waals surface area contributed by atoms with Crippen LogP contribution in [0.3, 0.4) is 0 Å². The molecule has 1 aliphatic rings. The summed E-state index contributed by atoms with van der Waals surface area (Å²) < 4.78 is 0. The number of pyridine rings is 1. The normalized spacial score (nSPS) is 17.2. The summed E-state index contributed by atoms with van der Waals surface area (Å²) in [5.74, 6) is -2.52.